The highest BCUT2D eigenvalue weighted by molar-refractivity contribution is 6.46. The number of halogens is 1. The Bertz CT molecular complexity index is 1220. The Hall–Kier alpha value is -3.83. The van der Waals surface area contributed by atoms with E-state index in [4.69, 9.17) is 16.3 Å². The molecule has 0 aliphatic carbocycles. The maximum atomic E-state index is 13.1. The van der Waals surface area contributed by atoms with E-state index in [1.165, 1.54) is 4.90 Å². The zero-order chi connectivity index (χ0) is 24.1. The van der Waals surface area contributed by atoms with Crippen molar-refractivity contribution in [3.63, 3.8) is 0 Å². The molecule has 0 saturated carbocycles. The van der Waals surface area contributed by atoms with Gasteiger partial charge in [-0.25, -0.2) is 0 Å². The fourth-order valence-corrected chi connectivity index (χ4v) is 4.14. The number of benzene rings is 3. The first-order valence-corrected chi connectivity index (χ1v) is 11.3. The van der Waals surface area contributed by atoms with Gasteiger partial charge in [0.2, 0.25) is 0 Å². The molecule has 3 aromatic rings. The van der Waals surface area contributed by atoms with E-state index in [1.807, 2.05) is 30.3 Å². The van der Waals surface area contributed by atoms with E-state index in [9.17, 15) is 14.7 Å². The lowest BCUT2D eigenvalue weighted by Gasteiger charge is -2.25. The average molecular weight is 474 g/mol. The van der Waals surface area contributed by atoms with Gasteiger partial charge in [-0.2, -0.15) is 0 Å². The number of rotatable bonds is 8. The number of ether oxygens (including phenoxy) is 1. The third-order valence-corrected chi connectivity index (χ3v) is 5.96. The number of hydrogen-bond donors (Lipinski definition) is 1. The topological polar surface area (TPSA) is 66.8 Å². The highest BCUT2D eigenvalue weighted by atomic mass is 35.5. The van der Waals surface area contributed by atoms with E-state index in [2.05, 4.69) is 6.58 Å². The lowest BCUT2D eigenvalue weighted by atomic mass is 9.95. The van der Waals surface area contributed by atoms with Gasteiger partial charge in [-0.15, -0.1) is 0 Å². The number of hydrogen-bond acceptors (Lipinski definition) is 4. The molecule has 1 saturated heterocycles. The van der Waals surface area contributed by atoms with E-state index in [-0.39, 0.29) is 11.3 Å². The van der Waals surface area contributed by atoms with Crippen LogP contribution in [0.1, 0.15) is 22.7 Å². The van der Waals surface area contributed by atoms with Crippen LogP contribution in [-0.4, -0.2) is 34.8 Å². The second-order valence-corrected chi connectivity index (χ2v) is 8.34. The van der Waals surface area contributed by atoms with Crippen LogP contribution in [0.4, 0.5) is 0 Å². The maximum Gasteiger partial charge on any atom is 0.295 e. The Kier molecular flexibility index (Phi) is 7.14. The number of nitrogens with zero attached hydrogens (tertiary/aromatic N) is 1. The summed E-state index contributed by atoms with van der Waals surface area (Å²) in [5.41, 5.74) is 2.23. The molecule has 1 atom stereocenters. The predicted octanol–water partition coefficient (Wildman–Crippen LogP) is 5.57. The SMILES string of the molecule is C=CCOc1ccc(C2/C(=C(\O)c3ccc(Cl)cc3)C(=O)C(=O)N2CCc2ccccc2)cc1. The van der Waals surface area contributed by atoms with Gasteiger partial charge < -0.3 is 14.7 Å². The molecule has 6 heteroatoms. The number of carbonyl (C=O) groups excluding carboxylic acids is 2. The van der Waals surface area contributed by atoms with Crippen molar-refractivity contribution in [1.82, 2.24) is 4.90 Å². The summed E-state index contributed by atoms with van der Waals surface area (Å²) in [6.07, 6.45) is 2.23. The number of aliphatic hydroxyl groups excluding tert-OH is 1. The van der Waals surface area contributed by atoms with Crippen molar-refractivity contribution < 1.29 is 19.4 Å². The molecule has 0 aromatic heterocycles. The van der Waals surface area contributed by atoms with Gasteiger partial charge in [-0.1, -0.05) is 66.7 Å². The minimum Gasteiger partial charge on any atom is -0.507 e. The second-order valence-electron chi connectivity index (χ2n) is 7.90. The van der Waals surface area contributed by atoms with Crippen molar-refractivity contribution in [2.45, 2.75) is 12.5 Å². The van der Waals surface area contributed by atoms with Crippen LogP contribution in [-0.2, 0) is 16.0 Å². The van der Waals surface area contributed by atoms with E-state index in [0.717, 1.165) is 5.56 Å². The molecular weight excluding hydrogens is 450 g/mol. The molecule has 0 bridgehead atoms. The Labute approximate surface area is 203 Å². The van der Waals surface area contributed by atoms with Gasteiger partial charge in [0.1, 0.15) is 18.1 Å². The fraction of sp³-hybridized carbons (Fsp3) is 0.143. The summed E-state index contributed by atoms with van der Waals surface area (Å²) in [5, 5.41) is 11.6. The summed E-state index contributed by atoms with van der Waals surface area (Å²) < 4.78 is 5.56. The molecule has 1 aliphatic heterocycles. The van der Waals surface area contributed by atoms with Crippen molar-refractivity contribution in [3.8, 4) is 5.75 Å². The summed E-state index contributed by atoms with van der Waals surface area (Å²) in [5.74, 6) is -0.933. The highest BCUT2D eigenvalue weighted by Gasteiger charge is 2.45. The summed E-state index contributed by atoms with van der Waals surface area (Å²) in [7, 11) is 0. The van der Waals surface area contributed by atoms with Crippen LogP contribution in [0.3, 0.4) is 0 Å². The third kappa shape index (κ3) is 4.90. The van der Waals surface area contributed by atoms with Gasteiger partial charge in [0.15, 0.2) is 0 Å². The average Bonchev–Trinajstić information content (AvgIpc) is 3.12. The van der Waals surface area contributed by atoms with Gasteiger partial charge in [0.05, 0.1) is 11.6 Å². The lowest BCUT2D eigenvalue weighted by Crippen LogP contribution is -2.31. The number of Topliss-reactive ketones (excluding diaryl/α,β-unsaturated/α-hetero) is 1. The fourth-order valence-electron chi connectivity index (χ4n) is 4.02. The number of amides is 1. The molecule has 1 unspecified atom stereocenters. The Morgan fingerprint density at radius 3 is 2.32 bits per heavy atom. The third-order valence-electron chi connectivity index (χ3n) is 5.71. The van der Waals surface area contributed by atoms with Crippen LogP contribution in [0, 0.1) is 0 Å². The number of likely N-dealkylation sites (tertiary alicyclic amines) is 1. The van der Waals surface area contributed by atoms with E-state index >= 15 is 0 Å². The summed E-state index contributed by atoms with van der Waals surface area (Å²) in [6.45, 7) is 4.33. The first-order chi connectivity index (χ1) is 16.5. The smallest absolute Gasteiger partial charge is 0.295 e. The Morgan fingerprint density at radius 2 is 1.68 bits per heavy atom. The maximum absolute atomic E-state index is 13.1. The Morgan fingerprint density at radius 1 is 1.00 bits per heavy atom. The highest BCUT2D eigenvalue weighted by Crippen LogP contribution is 2.40. The molecule has 1 heterocycles. The summed E-state index contributed by atoms with van der Waals surface area (Å²) >= 11 is 5.98. The number of aliphatic hydroxyl groups is 1. The van der Waals surface area contributed by atoms with Crippen LogP contribution < -0.4 is 4.74 Å². The zero-order valence-electron chi connectivity index (χ0n) is 18.5. The molecular formula is C28H24ClNO4. The van der Waals surface area contributed by atoms with Crippen LogP contribution in [0.2, 0.25) is 5.02 Å². The van der Waals surface area contributed by atoms with Gasteiger partial charge in [0.25, 0.3) is 11.7 Å². The van der Waals surface area contributed by atoms with Crippen molar-refractivity contribution in [2.75, 3.05) is 13.2 Å². The zero-order valence-corrected chi connectivity index (χ0v) is 19.2. The van der Waals surface area contributed by atoms with E-state index in [1.54, 1.807) is 54.6 Å². The normalized spacial score (nSPS) is 17.1. The predicted molar refractivity (Wildman–Crippen MR) is 133 cm³/mol. The van der Waals surface area contributed by atoms with Gasteiger partial charge >= 0.3 is 0 Å². The minimum absolute atomic E-state index is 0.0557. The Balaban J connectivity index is 1.75. The first kappa shape index (κ1) is 23.3. The molecule has 34 heavy (non-hydrogen) atoms. The molecule has 0 radical (unpaired) electrons. The molecule has 0 spiro atoms. The minimum atomic E-state index is -0.729. The van der Waals surface area contributed by atoms with Crippen molar-refractivity contribution >= 4 is 29.1 Å². The largest absolute Gasteiger partial charge is 0.507 e. The van der Waals surface area contributed by atoms with Crippen LogP contribution in [0.15, 0.2) is 97.1 Å². The van der Waals surface area contributed by atoms with E-state index < -0.39 is 17.7 Å². The molecule has 1 N–H and O–H groups in total. The summed E-state index contributed by atoms with van der Waals surface area (Å²) in [4.78, 5) is 27.7. The lowest BCUT2D eigenvalue weighted by molar-refractivity contribution is -0.139. The van der Waals surface area contributed by atoms with Crippen molar-refractivity contribution in [1.29, 1.82) is 0 Å². The molecule has 1 aliphatic rings. The quantitative estimate of drug-likeness (QED) is 0.201. The molecule has 3 aromatic carbocycles. The van der Waals surface area contributed by atoms with Crippen molar-refractivity contribution in [2.24, 2.45) is 0 Å². The van der Waals surface area contributed by atoms with Crippen molar-refractivity contribution in [3.05, 3.63) is 119 Å². The summed E-state index contributed by atoms with van der Waals surface area (Å²) in [6, 6.07) is 22.7. The monoisotopic (exact) mass is 473 g/mol. The first-order valence-electron chi connectivity index (χ1n) is 10.9. The van der Waals surface area contributed by atoms with E-state index in [0.29, 0.717) is 41.5 Å². The second kappa shape index (κ2) is 10.4. The molecule has 1 amide bonds. The molecule has 5 nitrogen and oxygen atoms in total. The van der Waals surface area contributed by atoms with Crippen LogP contribution in [0.25, 0.3) is 5.76 Å². The number of ketones is 1. The van der Waals surface area contributed by atoms with Gasteiger partial charge in [-0.3, -0.25) is 9.59 Å². The van der Waals surface area contributed by atoms with Gasteiger partial charge in [0, 0.05) is 17.1 Å². The van der Waals surface area contributed by atoms with Crippen LogP contribution in [0.5, 0.6) is 5.75 Å². The van der Waals surface area contributed by atoms with Crippen LogP contribution >= 0.6 is 11.6 Å². The van der Waals surface area contributed by atoms with Gasteiger partial charge in [-0.05, 0) is 53.9 Å². The molecule has 172 valence electrons. The molecule has 1 fully saturated rings. The number of carbonyl (C=O) groups is 2. The molecule has 4 rings (SSSR count). The standard InChI is InChI=1S/C28H24ClNO4/c1-2-18-34-23-14-10-20(11-15-23)25-24(26(31)21-8-12-22(29)13-9-21)27(32)28(33)30(25)17-16-19-6-4-3-5-7-19/h2-15,25,31H,1,16-18H2/b26-24+.